The molecule has 4 aromatic rings. The number of unbranched alkanes of at least 4 members (excludes halogenated alkanes) is 1. The van der Waals surface area contributed by atoms with Crippen molar-refractivity contribution >= 4 is 11.6 Å². The summed E-state index contributed by atoms with van der Waals surface area (Å²) in [6, 6.07) is 16.7. The summed E-state index contributed by atoms with van der Waals surface area (Å²) in [6.45, 7) is 3.32. The van der Waals surface area contributed by atoms with E-state index >= 15 is 0 Å². The third kappa shape index (κ3) is 4.74. The van der Waals surface area contributed by atoms with Gasteiger partial charge in [0.15, 0.2) is 5.15 Å². The van der Waals surface area contributed by atoms with Crippen molar-refractivity contribution in [2.45, 2.75) is 39.3 Å². The van der Waals surface area contributed by atoms with Crippen molar-refractivity contribution in [2.24, 2.45) is 7.05 Å². The van der Waals surface area contributed by atoms with Crippen LogP contribution >= 0.6 is 11.6 Å². The number of tetrazole rings is 1. The molecule has 7 nitrogen and oxygen atoms in total. The summed E-state index contributed by atoms with van der Waals surface area (Å²) in [5.41, 5.74) is 5.22. The number of rotatable bonds is 9. The first kappa shape index (κ1) is 22.2. The molecule has 4 rings (SSSR count). The van der Waals surface area contributed by atoms with Crippen LogP contribution in [0.15, 0.2) is 48.5 Å². The highest BCUT2D eigenvalue weighted by atomic mass is 35.5. The lowest BCUT2D eigenvalue weighted by Crippen LogP contribution is -2.10. The Morgan fingerprint density at radius 3 is 2.44 bits per heavy atom. The molecule has 2 aromatic carbocycles. The highest BCUT2D eigenvalue weighted by Gasteiger charge is 2.16. The lowest BCUT2D eigenvalue weighted by atomic mass is 9.98. The minimum atomic E-state index is 0.439. The van der Waals surface area contributed by atoms with Crippen LogP contribution in [0.4, 0.5) is 0 Å². The Hall–Kier alpha value is -3.03. The zero-order valence-corrected chi connectivity index (χ0v) is 19.4. The maximum absolute atomic E-state index is 6.43. The molecule has 0 amide bonds. The van der Waals surface area contributed by atoms with E-state index in [9.17, 15) is 0 Å². The Labute approximate surface area is 193 Å². The second-order valence-electron chi connectivity index (χ2n) is 7.73. The summed E-state index contributed by atoms with van der Waals surface area (Å²) in [6.07, 6.45) is 3.08. The molecular weight excluding hydrogens is 424 g/mol. The van der Waals surface area contributed by atoms with Crippen molar-refractivity contribution in [1.29, 1.82) is 0 Å². The molecule has 0 radical (unpaired) electrons. The topological polar surface area (TPSA) is 70.7 Å². The van der Waals surface area contributed by atoms with E-state index in [1.807, 2.05) is 18.2 Å². The van der Waals surface area contributed by atoms with Crippen molar-refractivity contribution in [3.8, 4) is 22.5 Å². The van der Waals surface area contributed by atoms with Gasteiger partial charge in [0.25, 0.3) is 0 Å². The predicted octanol–water partition coefficient (Wildman–Crippen LogP) is 4.93. The molecule has 0 unspecified atom stereocenters. The summed E-state index contributed by atoms with van der Waals surface area (Å²) in [5, 5.41) is 13.0. The molecule has 0 bridgehead atoms. The Bertz CT molecular complexity index is 1180. The van der Waals surface area contributed by atoms with Gasteiger partial charge in [-0.05, 0) is 28.3 Å². The largest absolute Gasteiger partial charge is 0.378 e. The minimum Gasteiger partial charge on any atom is -0.378 e. The van der Waals surface area contributed by atoms with Gasteiger partial charge in [0.05, 0.1) is 19.3 Å². The third-order valence-electron chi connectivity index (χ3n) is 5.42. The molecule has 2 heterocycles. The average Bonchev–Trinajstić information content (AvgIpc) is 3.37. The summed E-state index contributed by atoms with van der Waals surface area (Å²) in [5.74, 6) is 1.62. The van der Waals surface area contributed by atoms with Gasteiger partial charge in [-0.2, -0.15) is 4.80 Å². The quantitative estimate of drug-likeness (QED) is 0.361. The van der Waals surface area contributed by atoms with Gasteiger partial charge in [0.1, 0.15) is 5.82 Å². The van der Waals surface area contributed by atoms with E-state index in [0.717, 1.165) is 47.5 Å². The van der Waals surface area contributed by atoms with Crippen LogP contribution in [0.1, 0.15) is 36.8 Å². The van der Waals surface area contributed by atoms with Crippen molar-refractivity contribution in [3.63, 3.8) is 0 Å². The van der Waals surface area contributed by atoms with Crippen molar-refractivity contribution in [3.05, 3.63) is 70.8 Å². The Kier molecular flexibility index (Phi) is 6.97. The number of ether oxygens (including phenoxy) is 1. The third-order valence-corrected chi connectivity index (χ3v) is 5.72. The molecule has 0 saturated heterocycles. The van der Waals surface area contributed by atoms with Gasteiger partial charge in [-0.1, -0.05) is 73.5 Å². The van der Waals surface area contributed by atoms with E-state index in [1.54, 1.807) is 14.2 Å². The second kappa shape index (κ2) is 10.1. The first-order valence-electron chi connectivity index (χ1n) is 10.8. The molecular formula is C24H27ClN6O. The number of hydrogen-bond donors (Lipinski definition) is 0. The number of aromatic nitrogens is 6. The lowest BCUT2D eigenvalue weighted by Gasteiger charge is -2.13. The highest BCUT2D eigenvalue weighted by Crippen LogP contribution is 2.30. The van der Waals surface area contributed by atoms with Crippen LogP contribution in [0.25, 0.3) is 22.5 Å². The van der Waals surface area contributed by atoms with Crippen LogP contribution in [0.3, 0.4) is 0 Å². The first-order chi connectivity index (χ1) is 15.6. The molecule has 0 aliphatic rings. The molecule has 2 aromatic heterocycles. The number of halogens is 1. The van der Waals surface area contributed by atoms with E-state index in [4.69, 9.17) is 16.3 Å². The average molecular weight is 451 g/mol. The fourth-order valence-electron chi connectivity index (χ4n) is 3.79. The minimum absolute atomic E-state index is 0.439. The molecule has 0 spiro atoms. The van der Waals surface area contributed by atoms with Crippen molar-refractivity contribution < 1.29 is 4.74 Å². The number of aryl methyl sites for hydroxylation is 2. The molecule has 0 N–H and O–H groups in total. The van der Waals surface area contributed by atoms with Gasteiger partial charge < -0.3 is 9.30 Å². The molecule has 0 aliphatic carbocycles. The maximum atomic E-state index is 6.43. The number of benzene rings is 2. The second-order valence-corrected chi connectivity index (χ2v) is 8.09. The van der Waals surface area contributed by atoms with Gasteiger partial charge in [-0.15, -0.1) is 10.2 Å². The summed E-state index contributed by atoms with van der Waals surface area (Å²) in [7, 11) is 3.44. The van der Waals surface area contributed by atoms with Gasteiger partial charge >= 0.3 is 0 Å². The molecule has 0 atom stereocenters. The monoisotopic (exact) mass is 450 g/mol. The van der Waals surface area contributed by atoms with Crippen LogP contribution in [0, 0.1) is 0 Å². The molecule has 166 valence electrons. The summed E-state index contributed by atoms with van der Waals surface area (Å²) < 4.78 is 7.56. The normalized spacial score (nSPS) is 11.2. The number of hydrogen-bond acceptors (Lipinski definition) is 5. The summed E-state index contributed by atoms with van der Waals surface area (Å²) >= 11 is 6.43. The highest BCUT2D eigenvalue weighted by molar-refractivity contribution is 6.30. The lowest BCUT2D eigenvalue weighted by molar-refractivity contribution is 0.178. The molecule has 8 heteroatoms. The standard InChI is InChI=1S/C24H27ClN6O/c1-4-5-10-22-26-23(25)21(16-32-3)31(22)15-17-11-13-18(14-12-17)19-8-6-7-9-20(19)24-27-29-30(2)28-24/h6-9,11-14H,4-5,10,15-16H2,1-3H3. The Morgan fingerprint density at radius 1 is 1.03 bits per heavy atom. The van der Waals surface area contributed by atoms with Crippen molar-refractivity contribution in [2.75, 3.05) is 7.11 Å². The van der Waals surface area contributed by atoms with Crippen LogP contribution < -0.4 is 0 Å². The Morgan fingerprint density at radius 2 is 1.78 bits per heavy atom. The Balaban J connectivity index is 1.63. The van der Waals surface area contributed by atoms with Crippen LogP contribution in [-0.4, -0.2) is 36.9 Å². The van der Waals surface area contributed by atoms with E-state index in [0.29, 0.717) is 24.1 Å². The number of imidazole rings is 1. The number of methoxy groups -OCH3 is 1. The zero-order valence-electron chi connectivity index (χ0n) is 18.6. The van der Waals surface area contributed by atoms with E-state index in [2.05, 4.69) is 62.2 Å². The van der Waals surface area contributed by atoms with Crippen molar-refractivity contribution in [1.82, 2.24) is 29.8 Å². The molecule has 0 fully saturated rings. The van der Waals surface area contributed by atoms with Gasteiger partial charge in [-0.3, -0.25) is 0 Å². The number of nitrogens with zero attached hydrogens (tertiary/aromatic N) is 6. The zero-order chi connectivity index (χ0) is 22.5. The van der Waals surface area contributed by atoms with Gasteiger partial charge in [0.2, 0.25) is 5.82 Å². The molecule has 0 saturated carbocycles. The molecule has 0 aliphatic heterocycles. The smallest absolute Gasteiger partial charge is 0.205 e. The fraction of sp³-hybridized carbons (Fsp3) is 0.333. The first-order valence-corrected chi connectivity index (χ1v) is 11.1. The van der Waals surface area contributed by atoms with Crippen LogP contribution in [-0.2, 0) is 31.4 Å². The van der Waals surface area contributed by atoms with Crippen LogP contribution in [0.5, 0.6) is 0 Å². The fourth-order valence-corrected chi connectivity index (χ4v) is 4.04. The van der Waals surface area contributed by atoms with Gasteiger partial charge in [-0.25, -0.2) is 4.98 Å². The maximum Gasteiger partial charge on any atom is 0.205 e. The predicted molar refractivity (Wildman–Crippen MR) is 125 cm³/mol. The van der Waals surface area contributed by atoms with E-state index in [1.165, 1.54) is 10.4 Å². The van der Waals surface area contributed by atoms with E-state index < -0.39 is 0 Å². The SMILES string of the molecule is CCCCc1nc(Cl)c(COC)n1Cc1ccc(-c2ccccc2-c2nnn(C)n2)cc1. The summed E-state index contributed by atoms with van der Waals surface area (Å²) in [4.78, 5) is 6.07. The van der Waals surface area contributed by atoms with E-state index in [-0.39, 0.29) is 0 Å². The van der Waals surface area contributed by atoms with Crippen LogP contribution in [0.2, 0.25) is 5.15 Å². The van der Waals surface area contributed by atoms with Gasteiger partial charge in [0, 0.05) is 25.6 Å². The molecule has 32 heavy (non-hydrogen) atoms.